The van der Waals surface area contributed by atoms with Crippen molar-refractivity contribution >= 4 is 11.8 Å². The van der Waals surface area contributed by atoms with E-state index in [2.05, 4.69) is 5.32 Å². The van der Waals surface area contributed by atoms with Gasteiger partial charge >= 0.3 is 0 Å². The molecule has 5 heteroatoms. The molecule has 0 saturated heterocycles. The van der Waals surface area contributed by atoms with Crippen molar-refractivity contribution < 1.29 is 14.0 Å². The molecule has 0 aliphatic carbocycles. The molecule has 0 fully saturated rings. The first-order valence-electron chi connectivity index (χ1n) is 10.7. The first kappa shape index (κ1) is 23.2. The van der Waals surface area contributed by atoms with E-state index in [0.717, 1.165) is 27.8 Å². The third-order valence-corrected chi connectivity index (χ3v) is 5.71. The Balaban J connectivity index is 1.93. The predicted molar refractivity (Wildman–Crippen MR) is 125 cm³/mol. The third-order valence-electron chi connectivity index (χ3n) is 5.71. The minimum Gasteiger partial charge on any atom is -0.357 e. The second kappa shape index (κ2) is 10.7. The van der Waals surface area contributed by atoms with E-state index in [9.17, 15) is 14.0 Å². The summed E-state index contributed by atoms with van der Waals surface area (Å²) in [6, 6.07) is 20.9. The van der Waals surface area contributed by atoms with E-state index in [1.807, 2.05) is 62.4 Å². The number of carbonyl (C=O) groups is 2. The normalized spacial score (nSPS) is 11.6. The van der Waals surface area contributed by atoms with Crippen molar-refractivity contribution in [1.82, 2.24) is 10.2 Å². The fourth-order valence-corrected chi connectivity index (χ4v) is 3.70. The summed E-state index contributed by atoms with van der Waals surface area (Å²) in [5, 5.41) is 2.70. The van der Waals surface area contributed by atoms with Crippen LogP contribution < -0.4 is 5.32 Å². The van der Waals surface area contributed by atoms with Crippen molar-refractivity contribution in [2.45, 2.75) is 39.3 Å². The Morgan fingerprint density at radius 3 is 2.16 bits per heavy atom. The zero-order valence-electron chi connectivity index (χ0n) is 18.8. The SMILES string of the molecule is CNC(=O)[C@@H](Cc1ccccc1)N(Cc1ccc(F)cc1)C(=O)Cc1ccc(C)c(C)c1. The van der Waals surface area contributed by atoms with Crippen molar-refractivity contribution in [1.29, 1.82) is 0 Å². The molecule has 0 spiro atoms. The summed E-state index contributed by atoms with van der Waals surface area (Å²) < 4.78 is 13.4. The third kappa shape index (κ3) is 6.03. The second-order valence-electron chi connectivity index (χ2n) is 8.06. The molecule has 1 atom stereocenters. The van der Waals surface area contributed by atoms with Gasteiger partial charge in [0.05, 0.1) is 6.42 Å². The Morgan fingerprint density at radius 1 is 0.875 bits per heavy atom. The Bertz CT molecular complexity index is 1060. The van der Waals surface area contributed by atoms with Crippen LogP contribution in [0.1, 0.15) is 27.8 Å². The molecule has 0 bridgehead atoms. The molecule has 0 saturated carbocycles. The van der Waals surface area contributed by atoms with Crippen LogP contribution in [-0.2, 0) is 29.0 Å². The summed E-state index contributed by atoms with van der Waals surface area (Å²) >= 11 is 0. The molecule has 3 aromatic carbocycles. The van der Waals surface area contributed by atoms with Crippen molar-refractivity contribution in [2.75, 3.05) is 7.05 Å². The molecule has 0 aromatic heterocycles. The fourth-order valence-electron chi connectivity index (χ4n) is 3.70. The maximum Gasteiger partial charge on any atom is 0.242 e. The minimum absolute atomic E-state index is 0.151. The van der Waals surface area contributed by atoms with Crippen LogP contribution >= 0.6 is 0 Å². The van der Waals surface area contributed by atoms with E-state index in [0.29, 0.717) is 6.42 Å². The molecule has 1 N–H and O–H groups in total. The predicted octanol–water partition coefficient (Wildman–Crippen LogP) is 4.37. The molecule has 0 radical (unpaired) electrons. The van der Waals surface area contributed by atoms with Crippen molar-refractivity contribution in [3.63, 3.8) is 0 Å². The maximum absolute atomic E-state index is 13.5. The number of rotatable bonds is 8. The molecule has 166 valence electrons. The molecule has 32 heavy (non-hydrogen) atoms. The highest BCUT2D eigenvalue weighted by atomic mass is 19.1. The lowest BCUT2D eigenvalue weighted by molar-refractivity contribution is -0.140. The minimum atomic E-state index is -0.688. The van der Waals surface area contributed by atoms with Gasteiger partial charge in [-0.05, 0) is 53.8 Å². The highest BCUT2D eigenvalue weighted by molar-refractivity contribution is 5.88. The van der Waals surface area contributed by atoms with Crippen LogP contribution in [-0.4, -0.2) is 29.8 Å². The summed E-state index contributed by atoms with van der Waals surface area (Å²) in [4.78, 5) is 28.0. The average molecular weight is 433 g/mol. The van der Waals surface area contributed by atoms with Gasteiger partial charge in [0.1, 0.15) is 11.9 Å². The van der Waals surface area contributed by atoms with Crippen LogP contribution in [0.5, 0.6) is 0 Å². The maximum atomic E-state index is 13.5. The summed E-state index contributed by atoms with van der Waals surface area (Å²) in [6.07, 6.45) is 0.574. The standard InChI is InChI=1S/C27H29FN2O2/c1-19-9-10-23(15-20(19)2)17-26(31)30(18-22-11-13-24(28)14-12-22)25(27(32)29-3)16-21-7-5-4-6-8-21/h4-15,25H,16-18H2,1-3H3,(H,29,32)/t25-/m1/s1. The van der Waals surface area contributed by atoms with E-state index < -0.39 is 6.04 Å². The highest BCUT2D eigenvalue weighted by Gasteiger charge is 2.29. The quantitative estimate of drug-likeness (QED) is 0.575. The molecular weight excluding hydrogens is 403 g/mol. The number of hydrogen-bond acceptors (Lipinski definition) is 2. The van der Waals surface area contributed by atoms with Crippen LogP contribution in [0.25, 0.3) is 0 Å². The molecule has 4 nitrogen and oxygen atoms in total. The Labute approximate surface area is 189 Å². The zero-order chi connectivity index (χ0) is 23.1. The van der Waals surface area contributed by atoms with Gasteiger partial charge in [-0.2, -0.15) is 0 Å². The summed E-state index contributed by atoms with van der Waals surface area (Å²) in [7, 11) is 1.57. The zero-order valence-corrected chi connectivity index (χ0v) is 18.8. The Kier molecular flexibility index (Phi) is 7.77. The number of amides is 2. The number of halogens is 1. The molecule has 3 aromatic rings. The highest BCUT2D eigenvalue weighted by Crippen LogP contribution is 2.18. The molecule has 0 heterocycles. The van der Waals surface area contributed by atoms with Crippen LogP contribution in [0.4, 0.5) is 4.39 Å². The van der Waals surface area contributed by atoms with Gasteiger partial charge in [0.25, 0.3) is 0 Å². The number of likely N-dealkylation sites (N-methyl/N-ethyl adjacent to an activating group) is 1. The van der Waals surface area contributed by atoms with Crippen molar-refractivity contribution in [2.24, 2.45) is 0 Å². The van der Waals surface area contributed by atoms with Gasteiger partial charge in [0.15, 0.2) is 0 Å². The van der Waals surface area contributed by atoms with Crippen LogP contribution in [0.2, 0.25) is 0 Å². The largest absolute Gasteiger partial charge is 0.357 e. The Hall–Kier alpha value is -3.47. The van der Waals surface area contributed by atoms with E-state index >= 15 is 0 Å². The first-order chi connectivity index (χ1) is 15.4. The Morgan fingerprint density at radius 2 is 1.53 bits per heavy atom. The summed E-state index contributed by atoms with van der Waals surface area (Å²) in [6.45, 7) is 4.26. The van der Waals surface area contributed by atoms with Gasteiger partial charge in [0, 0.05) is 20.0 Å². The second-order valence-corrected chi connectivity index (χ2v) is 8.06. The molecule has 0 aliphatic rings. The van der Waals surface area contributed by atoms with Gasteiger partial charge < -0.3 is 10.2 Å². The van der Waals surface area contributed by atoms with Gasteiger partial charge in [-0.3, -0.25) is 9.59 Å². The summed E-state index contributed by atoms with van der Waals surface area (Å²) in [5.41, 5.74) is 4.91. The lowest BCUT2D eigenvalue weighted by Crippen LogP contribution is -2.50. The molecular formula is C27H29FN2O2. The lowest BCUT2D eigenvalue weighted by Gasteiger charge is -2.31. The van der Waals surface area contributed by atoms with Crippen LogP contribution in [0, 0.1) is 19.7 Å². The molecule has 3 rings (SSSR count). The first-order valence-corrected chi connectivity index (χ1v) is 10.7. The van der Waals surface area contributed by atoms with Crippen LogP contribution in [0.3, 0.4) is 0 Å². The van der Waals surface area contributed by atoms with Crippen molar-refractivity contribution in [3.05, 3.63) is 106 Å². The monoisotopic (exact) mass is 432 g/mol. The number of aryl methyl sites for hydroxylation is 2. The molecule has 0 unspecified atom stereocenters. The van der Waals surface area contributed by atoms with E-state index in [1.54, 1.807) is 24.1 Å². The molecule has 2 amide bonds. The fraction of sp³-hybridized carbons (Fsp3) is 0.259. The number of carbonyl (C=O) groups excluding carboxylic acids is 2. The van der Waals surface area contributed by atoms with Gasteiger partial charge in [0.2, 0.25) is 11.8 Å². The van der Waals surface area contributed by atoms with E-state index in [1.165, 1.54) is 12.1 Å². The number of benzene rings is 3. The topological polar surface area (TPSA) is 49.4 Å². The van der Waals surface area contributed by atoms with E-state index in [-0.39, 0.29) is 30.6 Å². The number of nitrogens with one attached hydrogen (secondary N) is 1. The van der Waals surface area contributed by atoms with Gasteiger partial charge in [-0.15, -0.1) is 0 Å². The average Bonchev–Trinajstić information content (AvgIpc) is 2.80. The van der Waals surface area contributed by atoms with Gasteiger partial charge in [-0.1, -0.05) is 60.7 Å². The smallest absolute Gasteiger partial charge is 0.242 e. The number of nitrogens with zero attached hydrogens (tertiary/aromatic N) is 1. The van der Waals surface area contributed by atoms with E-state index in [4.69, 9.17) is 0 Å². The molecule has 0 aliphatic heterocycles. The van der Waals surface area contributed by atoms with Crippen molar-refractivity contribution in [3.8, 4) is 0 Å². The lowest BCUT2D eigenvalue weighted by atomic mass is 10.0. The summed E-state index contributed by atoms with van der Waals surface area (Å²) in [5.74, 6) is -0.722. The van der Waals surface area contributed by atoms with Gasteiger partial charge in [-0.25, -0.2) is 4.39 Å². The van der Waals surface area contributed by atoms with Crippen LogP contribution in [0.15, 0.2) is 72.8 Å². The number of hydrogen-bond donors (Lipinski definition) is 1.